The second-order valence-corrected chi connectivity index (χ2v) is 10.7. The quantitative estimate of drug-likeness (QED) is 0.204. The van der Waals surface area contributed by atoms with Gasteiger partial charge in [0.05, 0.1) is 12.1 Å². The van der Waals surface area contributed by atoms with E-state index >= 15 is 0 Å². The summed E-state index contributed by atoms with van der Waals surface area (Å²) < 4.78 is 39.0. The summed E-state index contributed by atoms with van der Waals surface area (Å²) in [6, 6.07) is 11.2. The van der Waals surface area contributed by atoms with Gasteiger partial charge < -0.3 is 21.7 Å². The smallest absolute Gasteiger partial charge is 0.405 e. The predicted molar refractivity (Wildman–Crippen MR) is 148 cm³/mol. The van der Waals surface area contributed by atoms with Crippen molar-refractivity contribution in [2.45, 2.75) is 59.3 Å². The van der Waals surface area contributed by atoms with Crippen LogP contribution in [0.4, 0.5) is 24.5 Å². The van der Waals surface area contributed by atoms with Crippen LogP contribution < -0.4 is 21.7 Å². The summed E-state index contributed by atoms with van der Waals surface area (Å²) in [5.74, 6) is 0.781. The SMILES string of the molecule is C/C(=C/C=C\N)Cc1ccc2c(c1)NC(CNCCCC(C)(C)C)=NC2Nc1ccc(C(F)(F)F)cc1. The van der Waals surface area contributed by atoms with Gasteiger partial charge in [0.2, 0.25) is 0 Å². The third-order valence-electron chi connectivity index (χ3n) is 6.04. The molecule has 0 fully saturated rings. The summed E-state index contributed by atoms with van der Waals surface area (Å²) in [5, 5.41) is 10.2. The lowest BCUT2D eigenvalue weighted by molar-refractivity contribution is -0.137. The maximum Gasteiger partial charge on any atom is 0.416 e. The highest BCUT2D eigenvalue weighted by Crippen LogP contribution is 2.34. The highest BCUT2D eigenvalue weighted by molar-refractivity contribution is 5.99. The van der Waals surface area contributed by atoms with Crippen LogP contribution in [0.5, 0.6) is 0 Å². The van der Waals surface area contributed by atoms with E-state index < -0.39 is 17.9 Å². The van der Waals surface area contributed by atoms with E-state index in [1.807, 2.05) is 18.2 Å². The Balaban J connectivity index is 1.79. The van der Waals surface area contributed by atoms with E-state index in [4.69, 9.17) is 10.7 Å². The van der Waals surface area contributed by atoms with E-state index in [1.165, 1.54) is 23.9 Å². The molecule has 5 N–H and O–H groups in total. The summed E-state index contributed by atoms with van der Waals surface area (Å²) in [5.41, 5.74) is 9.82. The number of hydrogen-bond donors (Lipinski definition) is 4. The Morgan fingerprint density at radius 3 is 2.49 bits per heavy atom. The fraction of sp³-hybridized carbons (Fsp3) is 0.414. The topological polar surface area (TPSA) is 74.5 Å². The largest absolute Gasteiger partial charge is 0.416 e. The summed E-state index contributed by atoms with van der Waals surface area (Å²) >= 11 is 0. The van der Waals surface area contributed by atoms with Crippen LogP contribution in [0, 0.1) is 5.41 Å². The monoisotopic (exact) mass is 513 g/mol. The Kier molecular flexibility index (Phi) is 9.43. The molecule has 2 aromatic carbocycles. The van der Waals surface area contributed by atoms with Crippen LogP contribution in [-0.2, 0) is 12.6 Å². The Labute approximate surface area is 218 Å². The zero-order valence-electron chi connectivity index (χ0n) is 22.0. The third kappa shape index (κ3) is 8.97. The van der Waals surface area contributed by atoms with Crippen LogP contribution in [0.3, 0.4) is 0 Å². The van der Waals surface area contributed by atoms with Gasteiger partial charge in [-0.3, -0.25) is 0 Å². The standard InChI is InChI=1S/C29H38F3N5/c1-20(7-5-15-33)17-21-8-13-24-25(18-21)36-26(19-34-16-6-14-28(2,3)4)37-27(24)35-23-11-9-22(10-12-23)29(30,31)32/h5,7-13,15,18,27,34-35H,6,14,16-17,19,33H2,1-4H3,(H,36,37)/b15-5-,20-7-. The van der Waals surface area contributed by atoms with Crippen LogP contribution in [0.1, 0.15) is 63.4 Å². The predicted octanol–water partition coefficient (Wildman–Crippen LogP) is 7.02. The first-order valence-corrected chi connectivity index (χ1v) is 12.6. The molecule has 0 spiro atoms. The van der Waals surface area contributed by atoms with Crippen LogP contribution in [0.25, 0.3) is 0 Å². The van der Waals surface area contributed by atoms with Crippen molar-refractivity contribution in [3.05, 3.63) is 83.1 Å². The number of alkyl halides is 3. The number of rotatable bonds is 10. The summed E-state index contributed by atoms with van der Waals surface area (Å²) in [6.07, 6.45) is 3.46. The van der Waals surface area contributed by atoms with Crippen LogP contribution in [-0.4, -0.2) is 18.9 Å². The molecule has 37 heavy (non-hydrogen) atoms. The van der Waals surface area contributed by atoms with Gasteiger partial charge in [0.15, 0.2) is 0 Å². The molecule has 0 saturated carbocycles. The summed E-state index contributed by atoms with van der Waals surface area (Å²) in [7, 11) is 0. The summed E-state index contributed by atoms with van der Waals surface area (Å²) in [4.78, 5) is 4.84. The number of fused-ring (bicyclic) bond motifs is 1. The maximum absolute atomic E-state index is 13.0. The Bertz CT molecular complexity index is 1130. The Hall–Kier alpha value is -3.26. The molecule has 1 aliphatic heterocycles. The number of nitrogens with zero attached hydrogens (tertiary/aromatic N) is 1. The minimum Gasteiger partial charge on any atom is -0.405 e. The number of allylic oxidation sites excluding steroid dienone is 3. The number of aliphatic imine (C=N–C) groups is 1. The van der Waals surface area contributed by atoms with Crippen molar-refractivity contribution in [2.75, 3.05) is 23.7 Å². The molecular weight excluding hydrogens is 475 g/mol. The average Bonchev–Trinajstić information content (AvgIpc) is 2.81. The molecule has 1 atom stereocenters. The lowest BCUT2D eigenvalue weighted by atomic mass is 9.91. The fourth-order valence-electron chi connectivity index (χ4n) is 4.14. The highest BCUT2D eigenvalue weighted by Gasteiger charge is 2.30. The molecule has 3 rings (SSSR count). The maximum atomic E-state index is 13.0. The fourth-order valence-corrected chi connectivity index (χ4v) is 4.14. The molecule has 0 radical (unpaired) electrons. The van der Waals surface area contributed by atoms with Crippen LogP contribution >= 0.6 is 0 Å². The summed E-state index contributed by atoms with van der Waals surface area (Å²) in [6.45, 7) is 10.2. The number of amidine groups is 1. The number of benzene rings is 2. The van der Waals surface area contributed by atoms with Crippen molar-refractivity contribution in [3.8, 4) is 0 Å². The molecule has 0 bridgehead atoms. The van der Waals surface area contributed by atoms with E-state index in [1.54, 1.807) is 0 Å². The lowest BCUT2D eigenvalue weighted by Crippen LogP contribution is -2.33. The second-order valence-electron chi connectivity index (χ2n) is 10.7. The first kappa shape index (κ1) is 28.3. The molecule has 0 aliphatic carbocycles. The number of nitrogens with two attached hydrogens (primary N) is 1. The number of halogens is 3. The first-order valence-electron chi connectivity index (χ1n) is 12.6. The van der Waals surface area contributed by atoms with Gasteiger partial charge in [-0.1, -0.05) is 44.6 Å². The normalized spacial score (nSPS) is 16.4. The van der Waals surface area contributed by atoms with Crippen molar-refractivity contribution < 1.29 is 13.2 Å². The second kappa shape index (κ2) is 12.3. The van der Waals surface area contributed by atoms with Gasteiger partial charge in [-0.15, -0.1) is 0 Å². The van der Waals surface area contributed by atoms with E-state index in [0.717, 1.165) is 60.6 Å². The Morgan fingerprint density at radius 1 is 1.11 bits per heavy atom. The van der Waals surface area contributed by atoms with Crippen molar-refractivity contribution in [1.82, 2.24) is 5.32 Å². The molecule has 2 aromatic rings. The molecule has 8 heteroatoms. The molecule has 200 valence electrons. The number of nitrogens with one attached hydrogen (secondary N) is 3. The molecular formula is C29H38F3N5. The first-order chi connectivity index (χ1) is 17.4. The van der Waals surface area contributed by atoms with Gasteiger partial charge in [-0.25, -0.2) is 4.99 Å². The lowest BCUT2D eigenvalue weighted by Gasteiger charge is -2.27. The van der Waals surface area contributed by atoms with Crippen molar-refractivity contribution in [2.24, 2.45) is 16.1 Å². The van der Waals surface area contributed by atoms with Gasteiger partial charge in [-0.2, -0.15) is 13.2 Å². The van der Waals surface area contributed by atoms with Gasteiger partial charge in [-0.05, 0) is 86.3 Å². The van der Waals surface area contributed by atoms with E-state index in [9.17, 15) is 13.2 Å². The molecule has 1 aliphatic rings. The number of hydrogen-bond acceptors (Lipinski definition) is 5. The molecule has 0 aromatic heterocycles. The zero-order valence-corrected chi connectivity index (χ0v) is 22.0. The van der Waals surface area contributed by atoms with Crippen molar-refractivity contribution in [1.29, 1.82) is 0 Å². The van der Waals surface area contributed by atoms with Gasteiger partial charge >= 0.3 is 6.18 Å². The molecule has 1 unspecified atom stereocenters. The zero-order chi connectivity index (χ0) is 27.1. The average molecular weight is 514 g/mol. The van der Waals surface area contributed by atoms with Gasteiger partial charge in [0.1, 0.15) is 12.0 Å². The van der Waals surface area contributed by atoms with Crippen LogP contribution in [0.15, 0.2) is 71.4 Å². The van der Waals surface area contributed by atoms with E-state index in [-0.39, 0.29) is 0 Å². The van der Waals surface area contributed by atoms with E-state index in [2.05, 4.69) is 55.8 Å². The minimum absolute atomic E-state index is 0.292. The third-order valence-corrected chi connectivity index (χ3v) is 6.04. The molecule has 0 amide bonds. The van der Waals surface area contributed by atoms with E-state index in [0.29, 0.717) is 17.6 Å². The molecule has 0 saturated heterocycles. The van der Waals surface area contributed by atoms with Crippen molar-refractivity contribution >= 4 is 17.2 Å². The minimum atomic E-state index is -4.37. The molecule has 1 heterocycles. The van der Waals surface area contributed by atoms with Crippen LogP contribution in [0.2, 0.25) is 0 Å². The van der Waals surface area contributed by atoms with Gasteiger partial charge in [0.25, 0.3) is 0 Å². The highest BCUT2D eigenvalue weighted by atomic mass is 19.4. The number of anilines is 2. The van der Waals surface area contributed by atoms with Crippen molar-refractivity contribution in [3.63, 3.8) is 0 Å². The Morgan fingerprint density at radius 2 is 1.84 bits per heavy atom. The van der Waals surface area contributed by atoms with Gasteiger partial charge in [0, 0.05) is 16.9 Å². The molecule has 5 nitrogen and oxygen atoms in total.